The molecule has 0 bridgehead atoms. The van der Waals surface area contributed by atoms with E-state index in [9.17, 15) is 9.59 Å². The monoisotopic (exact) mass is 268 g/mol. The summed E-state index contributed by atoms with van der Waals surface area (Å²) < 4.78 is 5.40. The highest BCUT2D eigenvalue weighted by Crippen LogP contribution is 2.38. The number of carbonyl (C=O) groups excluding carboxylic acids is 2. The minimum atomic E-state index is -0.466. The molecule has 5 heteroatoms. The van der Waals surface area contributed by atoms with E-state index in [1.807, 2.05) is 20.8 Å². The molecule has 2 aliphatic heterocycles. The number of ether oxygens (including phenoxy) is 1. The predicted octanol–water partition coefficient (Wildman–Crippen LogP) is 1.91. The lowest BCUT2D eigenvalue weighted by Crippen LogP contribution is -2.38. The van der Waals surface area contributed by atoms with Crippen molar-refractivity contribution in [1.82, 2.24) is 10.2 Å². The average Bonchev–Trinajstić information content (AvgIpc) is 2.52. The maximum absolute atomic E-state index is 12.1. The van der Waals surface area contributed by atoms with E-state index in [2.05, 4.69) is 5.32 Å². The van der Waals surface area contributed by atoms with Crippen LogP contribution in [-0.2, 0) is 9.53 Å². The van der Waals surface area contributed by atoms with Gasteiger partial charge in [-0.1, -0.05) is 0 Å². The first kappa shape index (κ1) is 14.2. The van der Waals surface area contributed by atoms with Gasteiger partial charge in [-0.3, -0.25) is 4.79 Å². The Kier molecular flexibility index (Phi) is 3.74. The van der Waals surface area contributed by atoms with Gasteiger partial charge in [0.25, 0.3) is 0 Å². The van der Waals surface area contributed by atoms with Crippen LogP contribution in [0.25, 0.3) is 0 Å². The van der Waals surface area contributed by atoms with Gasteiger partial charge < -0.3 is 15.0 Å². The Hall–Kier alpha value is -1.26. The molecule has 2 aliphatic rings. The summed E-state index contributed by atoms with van der Waals surface area (Å²) in [5.41, 5.74) is -0.706. The van der Waals surface area contributed by atoms with Crippen molar-refractivity contribution in [3.63, 3.8) is 0 Å². The molecule has 0 radical (unpaired) electrons. The van der Waals surface area contributed by atoms with Crippen LogP contribution in [0.15, 0.2) is 0 Å². The van der Waals surface area contributed by atoms with E-state index in [-0.39, 0.29) is 17.4 Å². The highest BCUT2D eigenvalue weighted by atomic mass is 16.6. The minimum Gasteiger partial charge on any atom is -0.444 e. The van der Waals surface area contributed by atoms with Gasteiger partial charge in [-0.25, -0.2) is 4.79 Å². The van der Waals surface area contributed by atoms with Gasteiger partial charge in [0.2, 0.25) is 5.91 Å². The van der Waals surface area contributed by atoms with Crippen molar-refractivity contribution in [1.29, 1.82) is 0 Å². The molecule has 1 atom stereocenters. The molecule has 2 rings (SSSR count). The van der Waals surface area contributed by atoms with Crippen LogP contribution in [0.5, 0.6) is 0 Å². The Bertz CT molecular complexity index is 375. The van der Waals surface area contributed by atoms with Crippen molar-refractivity contribution < 1.29 is 14.3 Å². The summed E-state index contributed by atoms with van der Waals surface area (Å²) in [5, 5.41) is 2.92. The molecule has 0 saturated carbocycles. The average molecular weight is 268 g/mol. The number of hydrogen-bond donors (Lipinski definition) is 1. The molecule has 2 amide bonds. The van der Waals surface area contributed by atoms with Crippen molar-refractivity contribution in [2.45, 2.75) is 52.1 Å². The van der Waals surface area contributed by atoms with E-state index in [1.54, 1.807) is 4.90 Å². The second-order valence-electron chi connectivity index (χ2n) is 6.61. The van der Waals surface area contributed by atoms with Gasteiger partial charge in [-0.2, -0.15) is 0 Å². The van der Waals surface area contributed by atoms with Gasteiger partial charge in [0.05, 0.1) is 5.41 Å². The Labute approximate surface area is 114 Å². The molecule has 2 heterocycles. The van der Waals surface area contributed by atoms with E-state index in [4.69, 9.17) is 4.74 Å². The largest absolute Gasteiger partial charge is 0.444 e. The van der Waals surface area contributed by atoms with Gasteiger partial charge in [-0.05, 0) is 46.5 Å². The van der Waals surface area contributed by atoms with Crippen molar-refractivity contribution in [2.24, 2.45) is 5.41 Å². The Morgan fingerprint density at radius 1 is 1.26 bits per heavy atom. The first-order valence-electron chi connectivity index (χ1n) is 7.09. The fourth-order valence-corrected chi connectivity index (χ4v) is 2.90. The SMILES string of the molecule is CC(C)(C)OC(=O)N1CCCC2(CCNC2=O)CC1. The Morgan fingerprint density at radius 2 is 2.00 bits per heavy atom. The summed E-state index contributed by atoms with van der Waals surface area (Å²) in [4.78, 5) is 25.8. The van der Waals surface area contributed by atoms with Crippen LogP contribution in [0.3, 0.4) is 0 Å². The van der Waals surface area contributed by atoms with E-state index in [0.29, 0.717) is 13.1 Å². The van der Waals surface area contributed by atoms with Crippen molar-refractivity contribution in [3.05, 3.63) is 0 Å². The van der Waals surface area contributed by atoms with Crippen LogP contribution >= 0.6 is 0 Å². The molecular weight excluding hydrogens is 244 g/mol. The van der Waals surface area contributed by atoms with E-state index < -0.39 is 5.60 Å². The van der Waals surface area contributed by atoms with Gasteiger partial charge in [0, 0.05) is 19.6 Å². The molecule has 0 aromatic carbocycles. The molecular formula is C14H24N2O3. The minimum absolute atomic E-state index is 0.165. The normalized spacial score (nSPS) is 28.2. The second kappa shape index (κ2) is 5.02. The van der Waals surface area contributed by atoms with E-state index in [1.165, 1.54) is 0 Å². The molecule has 0 aromatic rings. The molecule has 2 saturated heterocycles. The number of nitrogens with zero attached hydrogens (tertiary/aromatic N) is 1. The summed E-state index contributed by atoms with van der Waals surface area (Å²) in [6, 6.07) is 0. The molecule has 5 nitrogen and oxygen atoms in total. The number of likely N-dealkylation sites (tertiary alicyclic amines) is 1. The van der Waals surface area contributed by atoms with Crippen LogP contribution in [0, 0.1) is 5.41 Å². The Balaban J connectivity index is 1.97. The van der Waals surface area contributed by atoms with Crippen LogP contribution in [0.4, 0.5) is 4.79 Å². The molecule has 108 valence electrons. The zero-order valence-corrected chi connectivity index (χ0v) is 12.1. The van der Waals surface area contributed by atoms with E-state index in [0.717, 1.165) is 32.2 Å². The van der Waals surface area contributed by atoms with Crippen molar-refractivity contribution >= 4 is 12.0 Å². The van der Waals surface area contributed by atoms with Gasteiger partial charge in [0.1, 0.15) is 5.60 Å². The lowest BCUT2D eigenvalue weighted by Gasteiger charge is -2.27. The molecule has 0 aliphatic carbocycles. The first-order chi connectivity index (χ1) is 8.82. The summed E-state index contributed by atoms with van der Waals surface area (Å²) in [6.45, 7) is 7.68. The third-order valence-corrected chi connectivity index (χ3v) is 3.97. The lowest BCUT2D eigenvalue weighted by molar-refractivity contribution is -0.128. The number of amides is 2. The number of carbonyl (C=O) groups is 2. The molecule has 1 N–H and O–H groups in total. The third-order valence-electron chi connectivity index (χ3n) is 3.97. The van der Waals surface area contributed by atoms with Gasteiger partial charge in [-0.15, -0.1) is 0 Å². The molecule has 1 unspecified atom stereocenters. The Morgan fingerprint density at radius 3 is 2.58 bits per heavy atom. The quantitative estimate of drug-likeness (QED) is 0.730. The van der Waals surface area contributed by atoms with Gasteiger partial charge >= 0.3 is 6.09 Å². The summed E-state index contributed by atoms with van der Waals surface area (Å²) in [7, 11) is 0. The fourth-order valence-electron chi connectivity index (χ4n) is 2.90. The number of rotatable bonds is 0. The second-order valence-corrected chi connectivity index (χ2v) is 6.61. The van der Waals surface area contributed by atoms with Crippen LogP contribution in [0.1, 0.15) is 46.5 Å². The first-order valence-corrected chi connectivity index (χ1v) is 7.09. The highest BCUT2D eigenvalue weighted by molar-refractivity contribution is 5.84. The standard InChI is InChI=1S/C14H24N2O3/c1-13(2,3)19-12(18)16-9-4-5-14(7-10-16)6-8-15-11(14)17/h4-10H2,1-3H3,(H,15,17). The zero-order chi connectivity index (χ0) is 14.1. The lowest BCUT2D eigenvalue weighted by atomic mass is 9.79. The van der Waals surface area contributed by atoms with E-state index >= 15 is 0 Å². The molecule has 2 fully saturated rings. The number of hydrogen-bond acceptors (Lipinski definition) is 3. The maximum Gasteiger partial charge on any atom is 0.410 e. The number of nitrogens with one attached hydrogen (secondary N) is 1. The molecule has 0 aromatic heterocycles. The molecule has 1 spiro atoms. The van der Waals surface area contributed by atoms with Crippen LogP contribution < -0.4 is 5.32 Å². The zero-order valence-electron chi connectivity index (χ0n) is 12.1. The van der Waals surface area contributed by atoms with Crippen molar-refractivity contribution in [3.8, 4) is 0 Å². The summed E-state index contributed by atoms with van der Waals surface area (Å²) in [6.07, 6.45) is 3.12. The highest BCUT2D eigenvalue weighted by Gasteiger charge is 2.43. The van der Waals surface area contributed by atoms with Gasteiger partial charge in [0.15, 0.2) is 0 Å². The third kappa shape index (κ3) is 3.19. The topological polar surface area (TPSA) is 58.6 Å². The summed E-state index contributed by atoms with van der Waals surface area (Å²) in [5.74, 6) is 0.165. The summed E-state index contributed by atoms with van der Waals surface area (Å²) >= 11 is 0. The maximum atomic E-state index is 12.1. The predicted molar refractivity (Wildman–Crippen MR) is 71.7 cm³/mol. The smallest absolute Gasteiger partial charge is 0.410 e. The van der Waals surface area contributed by atoms with Crippen LogP contribution in [0.2, 0.25) is 0 Å². The van der Waals surface area contributed by atoms with Crippen LogP contribution in [-0.4, -0.2) is 42.1 Å². The molecule has 19 heavy (non-hydrogen) atoms. The fraction of sp³-hybridized carbons (Fsp3) is 0.857. The van der Waals surface area contributed by atoms with Crippen molar-refractivity contribution in [2.75, 3.05) is 19.6 Å².